The third-order valence-corrected chi connectivity index (χ3v) is 3.05. The molecule has 0 aromatic heterocycles. The van der Waals surface area contributed by atoms with Gasteiger partial charge in [0.2, 0.25) is 0 Å². The van der Waals surface area contributed by atoms with E-state index in [0.717, 1.165) is 35.4 Å². The summed E-state index contributed by atoms with van der Waals surface area (Å²) in [7, 11) is 0. The van der Waals surface area contributed by atoms with Crippen molar-refractivity contribution in [1.29, 1.82) is 0 Å². The number of benzene rings is 1. The number of aryl methyl sites for hydroxylation is 1. The number of aromatic hydroxyl groups is 1. The van der Waals surface area contributed by atoms with Crippen LogP contribution in [0.5, 0.6) is 5.75 Å². The molecule has 0 aliphatic carbocycles. The average Bonchev–Trinajstić information content (AvgIpc) is 2.22. The summed E-state index contributed by atoms with van der Waals surface area (Å²) >= 11 is 6.17. The molecule has 0 spiro atoms. The molecule has 0 aliphatic heterocycles. The summed E-state index contributed by atoms with van der Waals surface area (Å²) in [5.41, 5.74) is 7.36. The lowest BCUT2D eigenvalue weighted by Crippen LogP contribution is -1.99. The van der Waals surface area contributed by atoms with Crippen LogP contribution in [0.1, 0.15) is 43.7 Å². The lowest BCUT2D eigenvalue weighted by Gasteiger charge is -2.12. The first-order valence-electron chi connectivity index (χ1n) is 5.77. The van der Waals surface area contributed by atoms with Gasteiger partial charge in [0.05, 0.1) is 0 Å². The third kappa shape index (κ3) is 3.39. The van der Waals surface area contributed by atoms with Crippen molar-refractivity contribution in [2.24, 2.45) is 5.73 Å². The molecule has 1 aromatic rings. The third-order valence-electron chi connectivity index (χ3n) is 2.72. The standard InChI is InChI=1S/C13H20ClNO/c1-9(2)11-8-13(16)10(7-12(11)14)5-3-4-6-15/h7-9,16H,3-6,15H2,1-2H3. The van der Waals surface area contributed by atoms with Crippen LogP contribution in [0.25, 0.3) is 0 Å². The van der Waals surface area contributed by atoms with Crippen LogP contribution >= 0.6 is 11.6 Å². The Balaban J connectivity index is 2.84. The average molecular weight is 242 g/mol. The largest absolute Gasteiger partial charge is 0.508 e. The second-order valence-electron chi connectivity index (χ2n) is 4.40. The molecule has 3 N–H and O–H groups in total. The predicted molar refractivity (Wildman–Crippen MR) is 69.2 cm³/mol. The molecule has 1 aromatic carbocycles. The zero-order chi connectivity index (χ0) is 12.1. The number of halogens is 1. The molecule has 0 saturated heterocycles. The molecule has 0 bridgehead atoms. The second-order valence-corrected chi connectivity index (χ2v) is 4.81. The topological polar surface area (TPSA) is 46.2 Å². The molecule has 0 aliphatic rings. The fourth-order valence-corrected chi connectivity index (χ4v) is 2.13. The van der Waals surface area contributed by atoms with Crippen molar-refractivity contribution in [3.8, 4) is 5.75 Å². The first-order chi connectivity index (χ1) is 7.56. The molecular weight excluding hydrogens is 222 g/mol. The molecule has 2 nitrogen and oxygen atoms in total. The maximum Gasteiger partial charge on any atom is 0.119 e. The highest BCUT2D eigenvalue weighted by Gasteiger charge is 2.10. The lowest BCUT2D eigenvalue weighted by atomic mass is 9.98. The highest BCUT2D eigenvalue weighted by atomic mass is 35.5. The van der Waals surface area contributed by atoms with Crippen molar-refractivity contribution in [1.82, 2.24) is 0 Å². The Labute approximate surface area is 102 Å². The summed E-state index contributed by atoms with van der Waals surface area (Å²) < 4.78 is 0. The number of nitrogens with two attached hydrogens (primary N) is 1. The zero-order valence-electron chi connectivity index (χ0n) is 9.96. The summed E-state index contributed by atoms with van der Waals surface area (Å²) in [4.78, 5) is 0. The minimum absolute atomic E-state index is 0.330. The number of phenolic OH excluding ortho intramolecular Hbond substituents is 1. The van der Waals surface area contributed by atoms with Gasteiger partial charge in [-0.05, 0) is 55.0 Å². The Hall–Kier alpha value is -0.730. The number of unbranched alkanes of at least 4 members (excludes halogenated alkanes) is 1. The van der Waals surface area contributed by atoms with Gasteiger partial charge in [-0.3, -0.25) is 0 Å². The Morgan fingerprint density at radius 2 is 2.00 bits per heavy atom. The van der Waals surface area contributed by atoms with Crippen LogP contribution in [0.15, 0.2) is 12.1 Å². The SMILES string of the molecule is CC(C)c1cc(O)c(CCCCN)cc1Cl. The van der Waals surface area contributed by atoms with Crippen LogP contribution in [-0.2, 0) is 6.42 Å². The van der Waals surface area contributed by atoms with Gasteiger partial charge in [-0.1, -0.05) is 25.4 Å². The van der Waals surface area contributed by atoms with Crippen molar-refractivity contribution in [2.75, 3.05) is 6.54 Å². The van der Waals surface area contributed by atoms with E-state index >= 15 is 0 Å². The van der Waals surface area contributed by atoms with E-state index in [4.69, 9.17) is 17.3 Å². The number of rotatable bonds is 5. The van der Waals surface area contributed by atoms with Crippen molar-refractivity contribution in [3.63, 3.8) is 0 Å². The van der Waals surface area contributed by atoms with Crippen molar-refractivity contribution < 1.29 is 5.11 Å². The molecule has 1 rings (SSSR count). The van der Waals surface area contributed by atoms with E-state index in [1.165, 1.54) is 0 Å². The lowest BCUT2D eigenvalue weighted by molar-refractivity contribution is 0.465. The molecule has 0 fully saturated rings. The maximum absolute atomic E-state index is 9.87. The minimum atomic E-state index is 0.330. The van der Waals surface area contributed by atoms with E-state index in [1.54, 1.807) is 6.07 Å². The Morgan fingerprint density at radius 3 is 2.56 bits per heavy atom. The van der Waals surface area contributed by atoms with E-state index in [0.29, 0.717) is 18.2 Å². The normalized spacial score (nSPS) is 11.1. The van der Waals surface area contributed by atoms with Crippen molar-refractivity contribution >= 4 is 11.6 Å². The molecule has 0 radical (unpaired) electrons. The van der Waals surface area contributed by atoms with E-state index < -0.39 is 0 Å². The van der Waals surface area contributed by atoms with Gasteiger partial charge in [0, 0.05) is 5.02 Å². The number of hydrogen-bond acceptors (Lipinski definition) is 2. The molecule has 0 heterocycles. The van der Waals surface area contributed by atoms with Gasteiger partial charge in [-0.15, -0.1) is 0 Å². The summed E-state index contributed by atoms with van der Waals surface area (Å²) in [6.07, 6.45) is 2.80. The van der Waals surface area contributed by atoms with Gasteiger partial charge in [0.1, 0.15) is 5.75 Å². The van der Waals surface area contributed by atoms with Gasteiger partial charge < -0.3 is 10.8 Å². The second kappa shape index (κ2) is 6.12. The summed E-state index contributed by atoms with van der Waals surface area (Å²) in [5.74, 6) is 0.682. The quantitative estimate of drug-likeness (QED) is 0.776. The van der Waals surface area contributed by atoms with Crippen LogP contribution in [-0.4, -0.2) is 11.7 Å². The first-order valence-corrected chi connectivity index (χ1v) is 6.15. The maximum atomic E-state index is 9.87. The Kier molecular flexibility index (Phi) is 5.10. The summed E-state index contributed by atoms with van der Waals surface area (Å²) in [6, 6.07) is 3.66. The van der Waals surface area contributed by atoms with E-state index in [1.807, 2.05) is 6.07 Å². The van der Waals surface area contributed by atoms with E-state index in [2.05, 4.69) is 13.8 Å². The highest BCUT2D eigenvalue weighted by molar-refractivity contribution is 6.31. The van der Waals surface area contributed by atoms with Crippen molar-refractivity contribution in [2.45, 2.75) is 39.0 Å². The number of phenols is 1. The van der Waals surface area contributed by atoms with Gasteiger partial charge >= 0.3 is 0 Å². The van der Waals surface area contributed by atoms with Gasteiger partial charge in [0.15, 0.2) is 0 Å². The first kappa shape index (κ1) is 13.3. The van der Waals surface area contributed by atoms with Crippen LogP contribution in [0.2, 0.25) is 5.02 Å². The van der Waals surface area contributed by atoms with Crippen LogP contribution in [0.3, 0.4) is 0 Å². The van der Waals surface area contributed by atoms with Gasteiger partial charge in [0.25, 0.3) is 0 Å². The zero-order valence-corrected chi connectivity index (χ0v) is 10.7. The summed E-state index contributed by atoms with van der Waals surface area (Å²) in [6.45, 7) is 4.82. The van der Waals surface area contributed by atoms with Crippen LogP contribution in [0, 0.1) is 0 Å². The molecule has 0 amide bonds. The minimum Gasteiger partial charge on any atom is -0.508 e. The Bertz CT molecular complexity index is 350. The molecular formula is C13H20ClNO. The molecule has 0 saturated carbocycles. The molecule has 90 valence electrons. The smallest absolute Gasteiger partial charge is 0.119 e. The molecule has 0 atom stereocenters. The fourth-order valence-electron chi connectivity index (χ4n) is 1.72. The molecule has 16 heavy (non-hydrogen) atoms. The van der Waals surface area contributed by atoms with E-state index in [9.17, 15) is 5.11 Å². The highest BCUT2D eigenvalue weighted by Crippen LogP contribution is 2.31. The summed E-state index contributed by atoms with van der Waals surface area (Å²) in [5, 5.41) is 10.6. The van der Waals surface area contributed by atoms with Crippen LogP contribution in [0.4, 0.5) is 0 Å². The molecule has 0 unspecified atom stereocenters. The Morgan fingerprint density at radius 1 is 1.31 bits per heavy atom. The molecule has 3 heteroatoms. The van der Waals surface area contributed by atoms with Crippen LogP contribution < -0.4 is 5.73 Å². The monoisotopic (exact) mass is 241 g/mol. The fraction of sp³-hybridized carbons (Fsp3) is 0.538. The van der Waals surface area contributed by atoms with E-state index in [-0.39, 0.29) is 0 Å². The number of hydrogen-bond donors (Lipinski definition) is 2. The van der Waals surface area contributed by atoms with Gasteiger partial charge in [-0.2, -0.15) is 0 Å². The van der Waals surface area contributed by atoms with Gasteiger partial charge in [-0.25, -0.2) is 0 Å². The predicted octanol–water partition coefficient (Wildman–Crippen LogP) is 3.45. The van der Waals surface area contributed by atoms with Crippen molar-refractivity contribution in [3.05, 3.63) is 28.3 Å².